The van der Waals surface area contributed by atoms with E-state index < -0.39 is 11.6 Å². The maximum absolute atomic E-state index is 13.6. The molecule has 2 aliphatic heterocycles. The Bertz CT molecular complexity index is 1320. The van der Waals surface area contributed by atoms with Gasteiger partial charge in [0.25, 0.3) is 0 Å². The predicted octanol–water partition coefficient (Wildman–Crippen LogP) is 4.57. The number of nitrogens with zero attached hydrogens (tertiary/aromatic N) is 3. The fraction of sp³-hybridized carbons (Fsp3) is 0.296. The molecule has 0 unspecified atom stereocenters. The number of likely N-dealkylation sites (tertiary alicyclic amines) is 1. The monoisotopic (exact) mass is 492 g/mol. The number of hydrogen-bond donors (Lipinski definition) is 2. The van der Waals surface area contributed by atoms with Gasteiger partial charge in [0.1, 0.15) is 11.5 Å². The van der Waals surface area contributed by atoms with Crippen molar-refractivity contribution in [2.45, 2.75) is 38.5 Å². The van der Waals surface area contributed by atoms with E-state index >= 15 is 0 Å². The number of fused-ring (bicyclic) bond motifs is 2. The molecule has 1 fully saturated rings. The zero-order valence-electron chi connectivity index (χ0n) is 19.8. The summed E-state index contributed by atoms with van der Waals surface area (Å²) in [5.74, 6) is -1.55. The Balaban J connectivity index is 1.22. The van der Waals surface area contributed by atoms with Gasteiger partial charge in [0.05, 0.1) is 12.2 Å². The lowest BCUT2D eigenvalue weighted by molar-refractivity contribution is -0.114. The van der Waals surface area contributed by atoms with E-state index in [9.17, 15) is 18.8 Å². The Labute approximate surface area is 207 Å². The molecule has 1 aromatic heterocycles. The molecule has 3 heterocycles. The third-order valence-corrected chi connectivity index (χ3v) is 6.88. The summed E-state index contributed by atoms with van der Waals surface area (Å²) in [4.78, 5) is 18.1. The smallest absolute Gasteiger partial charge is 0.222 e. The molecular formula is C27H26F2N4O3. The first-order valence-electron chi connectivity index (χ1n) is 11.8. The number of amides is 1. The molecule has 0 bridgehead atoms. The van der Waals surface area contributed by atoms with Crippen molar-refractivity contribution < 1.29 is 23.5 Å². The SMILES string of the molecule is CC(=O)Nc1cc2c(cn1)C1(CCN(Cc3ccc(/C(=N/O)c4ccc(F)c(F)c4)cc3)CC1)OC2. The molecule has 2 aromatic carbocycles. The summed E-state index contributed by atoms with van der Waals surface area (Å²) < 4.78 is 33.1. The molecule has 1 spiro atoms. The van der Waals surface area contributed by atoms with E-state index in [4.69, 9.17) is 4.74 Å². The van der Waals surface area contributed by atoms with E-state index in [0.717, 1.165) is 61.3 Å². The van der Waals surface area contributed by atoms with Crippen LogP contribution in [-0.2, 0) is 28.3 Å². The van der Waals surface area contributed by atoms with Crippen LogP contribution in [0, 0.1) is 11.6 Å². The molecular weight excluding hydrogens is 466 g/mol. The van der Waals surface area contributed by atoms with Crippen molar-refractivity contribution >= 4 is 17.4 Å². The van der Waals surface area contributed by atoms with Crippen LogP contribution >= 0.6 is 0 Å². The number of carbonyl (C=O) groups is 1. The van der Waals surface area contributed by atoms with Gasteiger partial charge < -0.3 is 15.3 Å². The van der Waals surface area contributed by atoms with Gasteiger partial charge in [0.15, 0.2) is 11.6 Å². The Morgan fingerprint density at radius 3 is 2.50 bits per heavy atom. The largest absolute Gasteiger partial charge is 0.410 e. The molecule has 2 aliphatic rings. The van der Waals surface area contributed by atoms with Crippen molar-refractivity contribution in [1.29, 1.82) is 0 Å². The summed E-state index contributed by atoms with van der Waals surface area (Å²) in [6.07, 6.45) is 3.52. The minimum absolute atomic E-state index is 0.151. The Morgan fingerprint density at radius 2 is 1.83 bits per heavy atom. The fourth-order valence-electron chi connectivity index (χ4n) is 5.01. The second kappa shape index (κ2) is 9.75. The topological polar surface area (TPSA) is 87.1 Å². The maximum atomic E-state index is 13.6. The van der Waals surface area contributed by atoms with Crippen LogP contribution in [0.4, 0.5) is 14.6 Å². The van der Waals surface area contributed by atoms with E-state index in [1.54, 1.807) is 0 Å². The van der Waals surface area contributed by atoms with Crippen molar-refractivity contribution in [2.24, 2.45) is 5.16 Å². The Hall–Kier alpha value is -3.69. The highest BCUT2D eigenvalue weighted by atomic mass is 19.2. The quantitative estimate of drug-likeness (QED) is 0.310. The highest BCUT2D eigenvalue weighted by Gasteiger charge is 2.43. The van der Waals surface area contributed by atoms with Crippen LogP contribution in [0.25, 0.3) is 0 Å². The van der Waals surface area contributed by atoms with Gasteiger partial charge in [-0.25, -0.2) is 13.8 Å². The number of rotatable bonds is 5. The van der Waals surface area contributed by atoms with Crippen LogP contribution < -0.4 is 5.32 Å². The fourth-order valence-corrected chi connectivity index (χ4v) is 5.01. The summed E-state index contributed by atoms with van der Waals surface area (Å²) in [7, 11) is 0. The molecule has 9 heteroatoms. The molecule has 0 atom stereocenters. The lowest BCUT2D eigenvalue weighted by Crippen LogP contribution is -2.42. The number of piperidine rings is 1. The number of hydrogen-bond acceptors (Lipinski definition) is 6. The highest BCUT2D eigenvalue weighted by molar-refractivity contribution is 6.12. The molecule has 186 valence electrons. The minimum atomic E-state index is -0.994. The first-order valence-corrected chi connectivity index (χ1v) is 11.8. The third-order valence-electron chi connectivity index (χ3n) is 6.88. The zero-order valence-corrected chi connectivity index (χ0v) is 19.8. The highest BCUT2D eigenvalue weighted by Crippen LogP contribution is 2.44. The van der Waals surface area contributed by atoms with Gasteiger partial charge in [-0.15, -0.1) is 0 Å². The van der Waals surface area contributed by atoms with Gasteiger partial charge in [-0.05, 0) is 48.2 Å². The molecule has 0 saturated carbocycles. The number of anilines is 1. The van der Waals surface area contributed by atoms with Crippen LogP contribution in [-0.4, -0.2) is 39.8 Å². The number of aromatic nitrogens is 1. The second-order valence-electron chi connectivity index (χ2n) is 9.24. The maximum Gasteiger partial charge on any atom is 0.222 e. The van der Waals surface area contributed by atoms with Crippen molar-refractivity contribution in [3.05, 3.63) is 94.2 Å². The van der Waals surface area contributed by atoms with Crippen molar-refractivity contribution in [1.82, 2.24) is 9.88 Å². The van der Waals surface area contributed by atoms with E-state index in [-0.39, 0.29) is 17.2 Å². The standard InChI is InChI=1S/C27H26F2N4O3/c1-17(34)31-25-13-21-16-36-27(22(21)14-30-25)8-10-33(11-9-27)15-18-2-4-19(5-3-18)26(32-35)20-6-7-23(28)24(29)12-20/h2-7,12-14,35H,8-11,15-16H2,1H3,(H,30,31,34)/b32-26-. The molecule has 5 rings (SSSR count). The van der Waals surface area contributed by atoms with Gasteiger partial charge >= 0.3 is 0 Å². The molecule has 7 nitrogen and oxygen atoms in total. The number of halogens is 2. The Morgan fingerprint density at radius 1 is 1.11 bits per heavy atom. The molecule has 0 aliphatic carbocycles. The number of carbonyl (C=O) groups excluding carboxylic acids is 1. The van der Waals surface area contributed by atoms with E-state index in [2.05, 4.69) is 20.4 Å². The van der Waals surface area contributed by atoms with Crippen molar-refractivity contribution in [2.75, 3.05) is 18.4 Å². The summed E-state index contributed by atoms with van der Waals surface area (Å²) in [5, 5.41) is 15.5. The summed E-state index contributed by atoms with van der Waals surface area (Å²) >= 11 is 0. The predicted molar refractivity (Wildman–Crippen MR) is 130 cm³/mol. The summed E-state index contributed by atoms with van der Waals surface area (Å²) in [5.41, 5.74) is 4.00. The van der Waals surface area contributed by atoms with Crippen molar-refractivity contribution in [3.8, 4) is 0 Å². The Kier molecular flexibility index (Phi) is 6.51. The van der Waals surface area contributed by atoms with Crippen LogP contribution in [0.2, 0.25) is 0 Å². The molecule has 1 amide bonds. The van der Waals surface area contributed by atoms with Gasteiger partial charge in [0, 0.05) is 49.4 Å². The molecule has 0 radical (unpaired) electrons. The first kappa shape index (κ1) is 24.0. The van der Waals surface area contributed by atoms with Gasteiger partial charge in [0.2, 0.25) is 5.91 Å². The van der Waals surface area contributed by atoms with E-state index in [1.807, 2.05) is 36.5 Å². The van der Waals surface area contributed by atoms with Gasteiger partial charge in [-0.3, -0.25) is 9.69 Å². The molecule has 36 heavy (non-hydrogen) atoms. The lowest BCUT2D eigenvalue weighted by Gasteiger charge is -2.39. The van der Waals surface area contributed by atoms with E-state index in [1.165, 1.54) is 13.0 Å². The number of pyridine rings is 1. The van der Waals surface area contributed by atoms with E-state index in [0.29, 0.717) is 23.6 Å². The van der Waals surface area contributed by atoms with Crippen LogP contribution in [0.3, 0.4) is 0 Å². The first-order chi connectivity index (χ1) is 17.4. The molecule has 3 aromatic rings. The number of ether oxygens (including phenoxy) is 1. The molecule has 2 N–H and O–H groups in total. The molecule has 1 saturated heterocycles. The number of nitrogens with one attached hydrogen (secondary N) is 1. The third kappa shape index (κ3) is 4.72. The number of benzene rings is 2. The average Bonchev–Trinajstić information content (AvgIpc) is 3.21. The van der Waals surface area contributed by atoms with Crippen LogP contribution in [0.5, 0.6) is 0 Å². The van der Waals surface area contributed by atoms with Gasteiger partial charge in [-0.2, -0.15) is 0 Å². The minimum Gasteiger partial charge on any atom is -0.410 e. The van der Waals surface area contributed by atoms with Crippen LogP contribution in [0.1, 0.15) is 47.6 Å². The number of oxime groups is 1. The lowest BCUT2D eigenvalue weighted by atomic mass is 9.84. The summed E-state index contributed by atoms with van der Waals surface area (Å²) in [6.45, 7) is 4.43. The zero-order chi connectivity index (χ0) is 25.3. The van der Waals surface area contributed by atoms with Gasteiger partial charge in [-0.1, -0.05) is 29.4 Å². The van der Waals surface area contributed by atoms with Crippen LogP contribution in [0.15, 0.2) is 59.9 Å². The average molecular weight is 493 g/mol. The second-order valence-corrected chi connectivity index (χ2v) is 9.24. The van der Waals surface area contributed by atoms with Crippen molar-refractivity contribution in [3.63, 3.8) is 0 Å². The normalized spacial score (nSPS) is 17.2. The summed E-state index contributed by atoms with van der Waals surface area (Å²) in [6, 6.07) is 12.8.